The lowest BCUT2D eigenvalue weighted by molar-refractivity contribution is 0.0697. The highest BCUT2D eigenvalue weighted by molar-refractivity contribution is 5.92. The van der Waals surface area contributed by atoms with Crippen molar-refractivity contribution in [2.75, 3.05) is 0 Å². The highest BCUT2D eigenvalue weighted by Crippen LogP contribution is 2.45. The molecule has 1 aromatic carbocycles. The molecule has 0 amide bonds. The molecule has 0 saturated heterocycles. The molecule has 1 heterocycles. The van der Waals surface area contributed by atoms with Gasteiger partial charge in [-0.3, -0.25) is 4.57 Å². The van der Waals surface area contributed by atoms with Gasteiger partial charge in [0.25, 0.3) is 0 Å². The summed E-state index contributed by atoms with van der Waals surface area (Å²) < 4.78 is 1.70. The lowest BCUT2D eigenvalue weighted by atomic mass is 10.2. The van der Waals surface area contributed by atoms with E-state index in [-0.39, 0.29) is 17.3 Å². The monoisotopic (exact) mass is 246 g/mol. The lowest BCUT2D eigenvalue weighted by Crippen LogP contribution is -2.16. The number of hydrogen-bond acceptors (Lipinski definition) is 2. The van der Waals surface area contributed by atoms with E-state index in [1.165, 1.54) is 6.07 Å². The van der Waals surface area contributed by atoms with Gasteiger partial charge in [-0.2, -0.15) is 0 Å². The van der Waals surface area contributed by atoms with Crippen LogP contribution in [0.4, 0.5) is 0 Å². The van der Waals surface area contributed by atoms with Gasteiger partial charge in [0.05, 0.1) is 16.6 Å². The molecular formula is C13H14N2O3. The molecule has 1 fully saturated rings. The molecule has 94 valence electrons. The van der Waals surface area contributed by atoms with Crippen LogP contribution in [0.5, 0.6) is 0 Å². The van der Waals surface area contributed by atoms with Crippen LogP contribution in [0.1, 0.15) is 36.2 Å². The van der Waals surface area contributed by atoms with E-state index in [9.17, 15) is 9.59 Å². The average Bonchev–Trinajstić information content (AvgIpc) is 3.03. The third kappa shape index (κ3) is 1.54. The van der Waals surface area contributed by atoms with Gasteiger partial charge in [0.2, 0.25) is 0 Å². The molecule has 18 heavy (non-hydrogen) atoms. The Hall–Kier alpha value is -2.04. The molecule has 2 aromatic rings. The number of carbonyl (C=O) groups is 1. The second-order valence-electron chi connectivity index (χ2n) is 4.81. The van der Waals surface area contributed by atoms with Crippen LogP contribution in [0.3, 0.4) is 0 Å². The van der Waals surface area contributed by atoms with Gasteiger partial charge in [-0.05, 0) is 30.5 Å². The van der Waals surface area contributed by atoms with E-state index < -0.39 is 5.97 Å². The summed E-state index contributed by atoms with van der Waals surface area (Å²) in [5.74, 6) is -0.435. The lowest BCUT2D eigenvalue weighted by Gasteiger charge is -2.02. The smallest absolute Gasteiger partial charge is 0.335 e. The van der Waals surface area contributed by atoms with Gasteiger partial charge in [0, 0.05) is 6.04 Å². The van der Waals surface area contributed by atoms with Crippen LogP contribution in [0, 0.1) is 5.92 Å². The minimum Gasteiger partial charge on any atom is -0.478 e. The fraction of sp³-hybridized carbons (Fsp3) is 0.385. The topological polar surface area (TPSA) is 75.1 Å². The highest BCUT2D eigenvalue weighted by atomic mass is 16.4. The molecule has 0 radical (unpaired) electrons. The van der Waals surface area contributed by atoms with Crippen LogP contribution in [0.25, 0.3) is 11.0 Å². The van der Waals surface area contributed by atoms with Gasteiger partial charge in [0.1, 0.15) is 0 Å². The van der Waals surface area contributed by atoms with E-state index in [1.807, 2.05) is 0 Å². The van der Waals surface area contributed by atoms with E-state index in [0.29, 0.717) is 17.0 Å². The number of aromatic carboxylic acids is 1. The molecule has 3 rings (SSSR count). The number of benzene rings is 1. The molecule has 5 heteroatoms. The van der Waals surface area contributed by atoms with Crippen LogP contribution in [-0.4, -0.2) is 20.6 Å². The standard InChI is InChI=1S/C13H14N2O3/c1-2-7-5-10(7)15-11-6-8(12(16)17)3-4-9(11)14-13(15)18/h3-4,6-7,10H,2,5H2,1H3,(H,14,18)(H,16,17). The molecule has 2 N–H and O–H groups in total. The second kappa shape index (κ2) is 3.73. The fourth-order valence-electron chi connectivity index (χ4n) is 2.57. The third-order valence-electron chi connectivity index (χ3n) is 3.71. The Morgan fingerprint density at radius 2 is 2.33 bits per heavy atom. The van der Waals surface area contributed by atoms with Gasteiger partial charge in [-0.25, -0.2) is 9.59 Å². The summed E-state index contributed by atoms with van der Waals surface area (Å²) in [6, 6.07) is 4.95. The highest BCUT2D eigenvalue weighted by Gasteiger charge is 2.38. The maximum absolute atomic E-state index is 11.9. The van der Waals surface area contributed by atoms with E-state index in [0.717, 1.165) is 12.8 Å². The summed E-state index contributed by atoms with van der Waals surface area (Å²) in [5, 5.41) is 9.00. The van der Waals surface area contributed by atoms with Crippen LogP contribution < -0.4 is 5.69 Å². The summed E-state index contributed by atoms with van der Waals surface area (Å²) in [4.78, 5) is 25.7. The van der Waals surface area contributed by atoms with Gasteiger partial charge >= 0.3 is 11.7 Å². The Kier molecular flexibility index (Phi) is 2.29. The molecule has 0 spiro atoms. The summed E-state index contributed by atoms with van der Waals surface area (Å²) in [7, 11) is 0. The van der Waals surface area contributed by atoms with Crippen molar-refractivity contribution >= 4 is 17.0 Å². The number of aromatic nitrogens is 2. The number of nitrogens with zero attached hydrogens (tertiary/aromatic N) is 1. The molecular weight excluding hydrogens is 232 g/mol. The van der Waals surface area contributed by atoms with Gasteiger partial charge in [-0.15, -0.1) is 0 Å². The largest absolute Gasteiger partial charge is 0.478 e. The molecule has 1 saturated carbocycles. The van der Waals surface area contributed by atoms with E-state index in [4.69, 9.17) is 5.11 Å². The van der Waals surface area contributed by atoms with Crippen molar-refractivity contribution in [1.82, 2.24) is 9.55 Å². The number of nitrogens with one attached hydrogen (secondary N) is 1. The first-order chi connectivity index (χ1) is 8.61. The number of hydrogen-bond donors (Lipinski definition) is 2. The summed E-state index contributed by atoms with van der Waals surface area (Å²) in [5.41, 5.74) is 1.46. The minimum absolute atomic E-state index is 0.145. The number of H-pyrrole nitrogens is 1. The minimum atomic E-state index is -0.972. The van der Waals surface area contributed by atoms with Crippen molar-refractivity contribution in [2.45, 2.75) is 25.8 Å². The number of carboxylic acids is 1. The summed E-state index contributed by atoms with van der Waals surface area (Å²) in [6.07, 6.45) is 2.04. The predicted octanol–water partition coefficient (Wildman–Crippen LogP) is 2.00. The van der Waals surface area contributed by atoms with Gasteiger partial charge in [0.15, 0.2) is 0 Å². The van der Waals surface area contributed by atoms with Gasteiger partial charge in [-0.1, -0.05) is 13.3 Å². The van der Waals surface area contributed by atoms with Crippen LogP contribution in [0.2, 0.25) is 0 Å². The van der Waals surface area contributed by atoms with Crippen LogP contribution in [0.15, 0.2) is 23.0 Å². The molecule has 1 aliphatic carbocycles. The number of carboxylic acid groups (broad SMARTS) is 1. The Morgan fingerprint density at radius 3 is 2.94 bits per heavy atom. The number of imidazole rings is 1. The Labute approximate surface area is 103 Å². The first kappa shape index (κ1) is 11.1. The molecule has 0 aliphatic heterocycles. The third-order valence-corrected chi connectivity index (χ3v) is 3.71. The average molecular weight is 246 g/mol. The maximum atomic E-state index is 11.9. The SMILES string of the molecule is CCC1CC1n1c(=O)[nH]c2ccc(C(=O)O)cc21. The van der Waals surface area contributed by atoms with Crippen molar-refractivity contribution in [1.29, 1.82) is 0 Å². The van der Waals surface area contributed by atoms with Crippen molar-refractivity contribution < 1.29 is 9.90 Å². The summed E-state index contributed by atoms with van der Waals surface area (Å²) >= 11 is 0. The Balaban J connectivity index is 2.18. The Bertz CT molecular complexity index is 683. The zero-order valence-electron chi connectivity index (χ0n) is 10.0. The first-order valence-electron chi connectivity index (χ1n) is 6.09. The van der Waals surface area contributed by atoms with Crippen molar-refractivity contribution in [3.8, 4) is 0 Å². The number of rotatable bonds is 3. The molecule has 2 unspecified atom stereocenters. The maximum Gasteiger partial charge on any atom is 0.335 e. The number of fused-ring (bicyclic) bond motifs is 1. The van der Waals surface area contributed by atoms with Crippen molar-refractivity contribution in [2.24, 2.45) is 5.92 Å². The Morgan fingerprint density at radius 1 is 1.56 bits per heavy atom. The van der Waals surface area contributed by atoms with E-state index in [2.05, 4.69) is 11.9 Å². The van der Waals surface area contributed by atoms with Gasteiger partial charge < -0.3 is 10.1 Å². The quantitative estimate of drug-likeness (QED) is 0.869. The van der Waals surface area contributed by atoms with Crippen LogP contribution >= 0.6 is 0 Å². The second-order valence-corrected chi connectivity index (χ2v) is 4.81. The van der Waals surface area contributed by atoms with Crippen molar-refractivity contribution in [3.63, 3.8) is 0 Å². The molecule has 0 bridgehead atoms. The zero-order valence-corrected chi connectivity index (χ0v) is 10.0. The van der Waals surface area contributed by atoms with E-state index in [1.54, 1.807) is 16.7 Å². The molecule has 1 aliphatic rings. The zero-order chi connectivity index (χ0) is 12.9. The first-order valence-corrected chi connectivity index (χ1v) is 6.09. The molecule has 1 aromatic heterocycles. The predicted molar refractivity (Wildman–Crippen MR) is 67.0 cm³/mol. The molecule has 2 atom stereocenters. The normalized spacial score (nSPS) is 22.3. The fourth-order valence-corrected chi connectivity index (χ4v) is 2.57. The van der Waals surface area contributed by atoms with Crippen LogP contribution in [-0.2, 0) is 0 Å². The molecule has 5 nitrogen and oxygen atoms in total. The van der Waals surface area contributed by atoms with Crippen molar-refractivity contribution in [3.05, 3.63) is 34.2 Å². The number of aromatic amines is 1. The summed E-state index contributed by atoms with van der Waals surface area (Å²) in [6.45, 7) is 2.10. The van der Waals surface area contributed by atoms with E-state index >= 15 is 0 Å².